The fourth-order valence-corrected chi connectivity index (χ4v) is 2.94. The van der Waals surface area contributed by atoms with Crippen LogP contribution >= 0.6 is 0 Å². The summed E-state index contributed by atoms with van der Waals surface area (Å²) < 4.78 is 28.5. The molecule has 0 aliphatic heterocycles. The Morgan fingerprint density at radius 3 is 2.32 bits per heavy atom. The van der Waals surface area contributed by atoms with Gasteiger partial charge in [-0.1, -0.05) is 65.8 Å². The predicted molar refractivity (Wildman–Crippen MR) is 104 cm³/mol. The van der Waals surface area contributed by atoms with E-state index in [-0.39, 0.29) is 11.8 Å². The Labute approximate surface area is 163 Å². The molecule has 0 bridgehead atoms. The van der Waals surface area contributed by atoms with Crippen molar-refractivity contribution in [2.24, 2.45) is 0 Å². The molecule has 0 spiro atoms. The molecule has 28 heavy (non-hydrogen) atoms. The van der Waals surface area contributed by atoms with Crippen molar-refractivity contribution < 1.29 is 17.6 Å². The van der Waals surface area contributed by atoms with Gasteiger partial charge in [-0.25, -0.2) is 8.42 Å². The van der Waals surface area contributed by atoms with Gasteiger partial charge in [0.15, 0.2) is 0 Å². The monoisotopic (exact) mass is 397 g/mol. The van der Waals surface area contributed by atoms with E-state index in [0.29, 0.717) is 6.42 Å². The molecule has 144 valence electrons. The molecule has 0 radical (unpaired) electrons. The van der Waals surface area contributed by atoms with Crippen LogP contribution in [0.25, 0.3) is 6.08 Å². The van der Waals surface area contributed by atoms with E-state index < -0.39 is 21.1 Å². The Balaban J connectivity index is 1.80. The fourth-order valence-electron chi connectivity index (χ4n) is 2.52. The molecule has 1 N–H and O–H groups in total. The number of nitrogens with zero attached hydrogens (tertiary/aromatic N) is 2. The van der Waals surface area contributed by atoms with Crippen LogP contribution in [0.15, 0.2) is 76.4 Å². The van der Waals surface area contributed by atoms with E-state index in [4.69, 9.17) is 4.42 Å². The van der Waals surface area contributed by atoms with Crippen molar-refractivity contribution in [2.45, 2.75) is 17.7 Å². The quantitative estimate of drug-likeness (QED) is 0.615. The molecule has 0 unspecified atom stereocenters. The maximum Gasteiger partial charge on any atom is 0.335 e. The summed E-state index contributed by atoms with van der Waals surface area (Å²) in [7, 11) is -3.63. The number of carbonyl (C=O) groups is 1. The van der Waals surface area contributed by atoms with Gasteiger partial charge in [0.25, 0.3) is 0 Å². The molecular weight excluding hydrogens is 378 g/mol. The van der Waals surface area contributed by atoms with Crippen LogP contribution in [0.3, 0.4) is 0 Å². The van der Waals surface area contributed by atoms with Crippen LogP contribution in [0.1, 0.15) is 23.1 Å². The van der Waals surface area contributed by atoms with Gasteiger partial charge >= 0.3 is 5.22 Å². The summed E-state index contributed by atoms with van der Waals surface area (Å²) >= 11 is 0. The van der Waals surface area contributed by atoms with Crippen LogP contribution in [0, 0.1) is 0 Å². The zero-order valence-electron chi connectivity index (χ0n) is 15.1. The summed E-state index contributed by atoms with van der Waals surface area (Å²) in [6.45, 7) is 0. The first-order valence-corrected chi connectivity index (χ1v) is 10.4. The second-order valence-corrected chi connectivity index (χ2v) is 8.07. The molecule has 1 aromatic heterocycles. The number of amides is 1. The SMILES string of the molecule is CS(=O)(=O)c1nnc([C@H](Cc2ccccc2)NC(=O)/C=C/c2ccccc2)o1. The van der Waals surface area contributed by atoms with Crippen molar-refractivity contribution in [1.29, 1.82) is 0 Å². The highest BCUT2D eigenvalue weighted by Crippen LogP contribution is 2.19. The van der Waals surface area contributed by atoms with Gasteiger partial charge in [-0.05, 0) is 17.2 Å². The standard InChI is InChI=1S/C20H19N3O4S/c1-28(25,26)20-23-22-19(27-20)17(14-16-10-6-3-7-11-16)21-18(24)13-12-15-8-4-2-5-9-15/h2-13,17H,14H2,1H3,(H,21,24)/b13-12+/t17-/m0/s1. The van der Waals surface area contributed by atoms with Crippen LogP contribution in [0.5, 0.6) is 0 Å². The van der Waals surface area contributed by atoms with Gasteiger partial charge in [-0.15, -0.1) is 5.10 Å². The largest absolute Gasteiger partial charge is 0.410 e. The number of benzene rings is 2. The van der Waals surface area contributed by atoms with Gasteiger partial charge < -0.3 is 9.73 Å². The van der Waals surface area contributed by atoms with Crippen molar-refractivity contribution in [3.05, 3.63) is 83.8 Å². The maximum absolute atomic E-state index is 12.4. The van der Waals surface area contributed by atoms with Crippen LogP contribution in [0.2, 0.25) is 0 Å². The molecule has 1 atom stereocenters. The van der Waals surface area contributed by atoms with Gasteiger partial charge in [-0.3, -0.25) is 4.79 Å². The summed E-state index contributed by atoms with van der Waals surface area (Å²) in [5.41, 5.74) is 1.81. The first-order valence-electron chi connectivity index (χ1n) is 8.53. The zero-order chi connectivity index (χ0) is 20.0. The van der Waals surface area contributed by atoms with Gasteiger partial charge in [0.2, 0.25) is 21.6 Å². The first kappa shape index (κ1) is 19.5. The van der Waals surface area contributed by atoms with E-state index in [1.54, 1.807) is 6.08 Å². The molecule has 7 nitrogen and oxygen atoms in total. The topological polar surface area (TPSA) is 102 Å². The number of nitrogens with one attached hydrogen (secondary N) is 1. The van der Waals surface area contributed by atoms with Gasteiger partial charge in [-0.2, -0.15) is 0 Å². The molecule has 0 fully saturated rings. The summed E-state index contributed by atoms with van der Waals surface area (Å²) in [4.78, 5) is 12.4. The third kappa shape index (κ3) is 5.37. The molecule has 0 saturated carbocycles. The van der Waals surface area contributed by atoms with Crippen molar-refractivity contribution in [3.8, 4) is 0 Å². The molecule has 0 aliphatic carbocycles. The van der Waals surface area contributed by atoms with Crippen molar-refractivity contribution in [2.75, 3.05) is 6.26 Å². The third-order valence-corrected chi connectivity index (χ3v) is 4.66. The minimum absolute atomic E-state index is 0.0331. The maximum atomic E-state index is 12.4. The Morgan fingerprint density at radius 1 is 1.07 bits per heavy atom. The molecule has 0 aliphatic rings. The van der Waals surface area contributed by atoms with E-state index in [9.17, 15) is 13.2 Å². The number of sulfone groups is 1. The molecule has 2 aromatic carbocycles. The lowest BCUT2D eigenvalue weighted by atomic mass is 10.1. The fraction of sp³-hybridized carbons (Fsp3) is 0.150. The number of aromatic nitrogens is 2. The number of hydrogen-bond acceptors (Lipinski definition) is 6. The number of carbonyl (C=O) groups excluding carboxylic acids is 1. The molecule has 3 aromatic rings. The lowest BCUT2D eigenvalue weighted by Crippen LogP contribution is -2.28. The molecule has 8 heteroatoms. The minimum atomic E-state index is -3.63. The molecule has 1 amide bonds. The Hall–Kier alpha value is -3.26. The van der Waals surface area contributed by atoms with Crippen LogP contribution in [-0.4, -0.2) is 30.8 Å². The first-order chi connectivity index (χ1) is 13.4. The van der Waals surface area contributed by atoms with Crippen molar-refractivity contribution in [1.82, 2.24) is 15.5 Å². The lowest BCUT2D eigenvalue weighted by Gasteiger charge is -2.14. The molecule has 0 saturated heterocycles. The molecular formula is C20H19N3O4S. The average Bonchev–Trinajstić information content (AvgIpc) is 3.18. The lowest BCUT2D eigenvalue weighted by molar-refractivity contribution is -0.117. The summed E-state index contributed by atoms with van der Waals surface area (Å²) in [6.07, 6.45) is 4.45. The minimum Gasteiger partial charge on any atom is -0.410 e. The Bertz CT molecular complexity index is 1060. The Kier molecular flexibility index (Phi) is 6.00. The summed E-state index contributed by atoms with van der Waals surface area (Å²) in [5, 5.41) is 9.72. The van der Waals surface area contributed by atoms with Gasteiger partial charge in [0.1, 0.15) is 6.04 Å². The third-order valence-electron chi connectivity index (χ3n) is 3.86. The smallest absolute Gasteiger partial charge is 0.335 e. The molecule has 1 heterocycles. The van der Waals surface area contributed by atoms with Crippen molar-refractivity contribution in [3.63, 3.8) is 0 Å². The van der Waals surface area contributed by atoms with E-state index in [1.165, 1.54) is 6.08 Å². The second kappa shape index (κ2) is 8.62. The summed E-state index contributed by atoms with van der Waals surface area (Å²) in [5.74, 6) is -0.324. The zero-order valence-corrected chi connectivity index (χ0v) is 16.0. The highest BCUT2D eigenvalue weighted by atomic mass is 32.2. The van der Waals surface area contributed by atoms with Crippen LogP contribution in [-0.2, 0) is 21.1 Å². The van der Waals surface area contributed by atoms with Gasteiger partial charge in [0, 0.05) is 18.8 Å². The van der Waals surface area contributed by atoms with E-state index >= 15 is 0 Å². The van der Waals surface area contributed by atoms with Crippen LogP contribution in [0.4, 0.5) is 0 Å². The average molecular weight is 397 g/mol. The highest BCUT2D eigenvalue weighted by molar-refractivity contribution is 7.90. The van der Waals surface area contributed by atoms with Crippen molar-refractivity contribution >= 4 is 21.8 Å². The highest BCUT2D eigenvalue weighted by Gasteiger charge is 2.24. The van der Waals surface area contributed by atoms with E-state index in [1.807, 2.05) is 60.7 Å². The molecule has 3 rings (SSSR count). The van der Waals surface area contributed by atoms with Gasteiger partial charge in [0.05, 0.1) is 0 Å². The number of rotatable bonds is 7. The normalized spacial score (nSPS) is 12.8. The van der Waals surface area contributed by atoms with E-state index in [0.717, 1.165) is 17.4 Å². The second-order valence-electron chi connectivity index (χ2n) is 6.17. The predicted octanol–water partition coefficient (Wildman–Crippen LogP) is 2.59. The summed E-state index contributed by atoms with van der Waals surface area (Å²) in [6, 6.07) is 18.2. The Morgan fingerprint density at radius 2 is 1.71 bits per heavy atom. The number of hydrogen-bond donors (Lipinski definition) is 1. The van der Waals surface area contributed by atoms with E-state index in [2.05, 4.69) is 15.5 Å². The van der Waals surface area contributed by atoms with Crippen LogP contribution < -0.4 is 5.32 Å².